The van der Waals surface area contributed by atoms with Gasteiger partial charge in [0.1, 0.15) is 18.2 Å². The molecule has 0 spiro atoms. The molecule has 1 saturated carbocycles. The Balaban J connectivity index is 1.65. The van der Waals surface area contributed by atoms with E-state index in [4.69, 9.17) is 10.6 Å². The fourth-order valence-corrected chi connectivity index (χ4v) is 6.42. The monoisotopic (exact) mass is 653 g/mol. The van der Waals surface area contributed by atoms with Crippen molar-refractivity contribution in [3.63, 3.8) is 0 Å². The lowest BCUT2D eigenvalue weighted by atomic mass is 9.82. The van der Waals surface area contributed by atoms with Gasteiger partial charge in [-0.05, 0) is 54.5 Å². The van der Waals surface area contributed by atoms with E-state index in [2.05, 4.69) is 10.8 Å². The third kappa shape index (κ3) is 8.82. The van der Waals surface area contributed by atoms with Gasteiger partial charge in [0.05, 0.1) is 25.1 Å². The van der Waals surface area contributed by atoms with Crippen molar-refractivity contribution in [2.75, 3.05) is 20.3 Å². The minimum absolute atomic E-state index is 0.0222. The van der Waals surface area contributed by atoms with Crippen LogP contribution in [0.25, 0.3) is 11.1 Å². The molecule has 10 nitrogen and oxygen atoms in total. The zero-order chi connectivity index (χ0) is 34.3. The van der Waals surface area contributed by atoms with Gasteiger partial charge in [-0.1, -0.05) is 57.5 Å². The van der Waals surface area contributed by atoms with E-state index in [0.717, 1.165) is 30.2 Å². The summed E-state index contributed by atoms with van der Waals surface area (Å²) in [4.78, 5) is 45.2. The molecule has 254 valence electrons. The first kappa shape index (κ1) is 35.7. The Kier molecular flexibility index (Phi) is 11.9. The number of hydroxylamine groups is 1. The fourth-order valence-electron chi connectivity index (χ4n) is 6.42. The van der Waals surface area contributed by atoms with Gasteiger partial charge in [-0.2, -0.15) is 0 Å². The van der Waals surface area contributed by atoms with E-state index >= 15 is 0 Å². The highest BCUT2D eigenvalue weighted by molar-refractivity contribution is 5.84. The van der Waals surface area contributed by atoms with Crippen LogP contribution >= 0.6 is 0 Å². The quantitative estimate of drug-likeness (QED) is 0.205. The highest BCUT2D eigenvalue weighted by Gasteiger charge is 2.38. The molecular formula is C35H45F2N5O5. The van der Waals surface area contributed by atoms with Crippen LogP contribution in [0.4, 0.5) is 8.78 Å². The van der Waals surface area contributed by atoms with Gasteiger partial charge in [0.2, 0.25) is 17.7 Å². The number of nitrogens with zero attached hydrogens (tertiary/aromatic N) is 2. The second-order valence-corrected chi connectivity index (χ2v) is 13.1. The lowest BCUT2D eigenvalue weighted by molar-refractivity contribution is -0.140. The molecule has 0 bridgehead atoms. The molecule has 0 aliphatic heterocycles. The summed E-state index contributed by atoms with van der Waals surface area (Å²) in [6.45, 7) is 5.44. The zero-order valence-electron chi connectivity index (χ0n) is 27.3. The molecule has 1 aliphatic rings. The van der Waals surface area contributed by atoms with Crippen molar-refractivity contribution in [2.45, 2.75) is 71.1 Å². The number of nitrogens with one attached hydrogen (secondary N) is 2. The number of benzene rings is 2. The third-order valence-corrected chi connectivity index (χ3v) is 8.63. The molecular weight excluding hydrogens is 608 g/mol. The molecule has 0 saturated heterocycles. The Morgan fingerprint density at radius 2 is 1.83 bits per heavy atom. The Bertz CT molecular complexity index is 1540. The zero-order valence-corrected chi connectivity index (χ0v) is 27.3. The lowest BCUT2D eigenvalue weighted by Gasteiger charge is -2.41. The van der Waals surface area contributed by atoms with Crippen LogP contribution in [0.15, 0.2) is 60.8 Å². The molecule has 0 radical (unpaired) electrons. The number of hydrogen-bond donors (Lipinski definition) is 4. The summed E-state index contributed by atoms with van der Waals surface area (Å²) in [5.74, 6) is -2.96. The van der Waals surface area contributed by atoms with Gasteiger partial charge >= 0.3 is 0 Å². The Hall–Kier alpha value is -4.13. The molecule has 1 fully saturated rings. The van der Waals surface area contributed by atoms with Crippen molar-refractivity contribution in [1.82, 2.24) is 20.3 Å². The molecule has 1 heterocycles. The lowest BCUT2D eigenvalue weighted by Crippen LogP contribution is -2.51. The number of amides is 3. The molecule has 47 heavy (non-hydrogen) atoms. The van der Waals surface area contributed by atoms with Crippen molar-refractivity contribution in [3.05, 3.63) is 83.7 Å². The van der Waals surface area contributed by atoms with Gasteiger partial charge < -0.3 is 25.6 Å². The maximum Gasteiger partial charge on any atom is 0.248 e. The van der Waals surface area contributed by atoms with Gasteiger partial charge in [-0.3, -0.25) is 19.2 Å². The van der Waals surface area contributed by atoms with Gasteiger partial charge in [0, 0.05) is 42.1 Å². The number of aromatic nitrogens is 1. The van der Waals surface area contributed by atoms with Crippen molar-refractivity contribution < 1.29 is 33.1 Å². The molecule has 12 heteroatoms. The van der Waals surface area contributed by atoms with E-state index in [1.54, 1.807) is 12.3 Å². The molecule has 0 unspecified atom stereocenters. The number of carbonyl (C=O) groups excluding carboxylic acids is 3. The average molecular weight is 654 g/mol. The molecule has 1 aliphatic carbocycles. The molecule has 3 aromatic rings. The Morgan fingerprint density at radius 1 is 1.11 bits per heavy atom. The number of aliphatic hydroxyl groups is 1. The first-order valence-corrected chi connectivity index (χ1v) is 15.8. The third-order valence-electron chi connectivity index (χ3n) is 8.63. The van der Waals surface area contributed by atoms with Crippen LogP contribution in [0.3, 0.4) is 0 Å². The molecule has 4 rings (SSSR count). The molecule has 1 aromatic heterocycles. The molecule has 4 atom stereocenters. The minimum atomic E-state index is -1.01. The van der Waals surface area contributed by atoms with E-state index in [-0.39, 0.29) is 24.4 Å². The fraction of sp³-hybridized carbons (Fsp3) is 0.457. The van der Waals surface area contributed by atoms with E-state index in [9.17, 15) is 28.3 Å². The van der Waals surface area contributed by atoms with Crippen molar-refractivity contribution in [1.29, 1.82) is 0 Å². The predicted octanol–water partition coefficient (Wildman–Crippen LogP) is 4.07. The van der Waals surface area contributed by atoms with E-state index in [0.29, 0.717) is 30.6 Å². The molecule has 5 N–H and O–H groups in total. The number of rotatable bonds is 13. The highest BCUT2D eigenvalue weighted by Crippen LogP contribution is 2.41. The Labute approximate surface area is 274 Å². The smallest absolute Gasteiger partial charge is 0.248 e. The van der Waals surface area contributed by atoms with Crippen LogP contribution in [0.5, 0.6) is 0 Å². The predicted molar refractivity (Wildman–Crippen MR) is 173 cm³/mol. The number of nitrogens with two attached hydrogens (primary N) is 1. The second-order valence-electron chi connectivity index (χ2n) is 13.1. The van der Waals surface area contributed by atoms with Crippen LogP contribution in [-0.2, 0) is 25.8 Å². The SMILES string of the molecule is CONC(=O)[C@@H]1CCC[C@@H]1NC(=O)[C@@H](N)CCN(C(=O)CO)[C@@H](c1cc(-c2cc(F)ccc2F)cn1Cc1ccccc1)C(C)(C)C. The maximum atomic E-state index is 15.0. The number of hydrogen-bond acceptors (Lipinski definition) is 6. The van der Waals surface area contributed by atoms with Crippen molar-refractivity contribution in [2.24, 2.45) is 17.1 Å². The van der Waals surface area contributed by atoms with E-state index < -0.39 is 59.5 Å². The van der Waals surface area contributed by atoms with Crippen LogP contribution in [0.2, 0.25) is 0 Å². The number of halogens is 2. The summed E-state index contributed by atoms with van der Waals surface area (Å²) in [5.41, 5.74) is 10.1. The number of aliphatic hydroxyl groups excluding tert-OH is 1. The average Bonchev–Trinajstić information content (AvgIpc) is 3.66. The summed E-state index contributed by atoms with van der Waals surface area (Å²) in [7, 11) is 1.35. The molecule has 2 aromatic carbocycles. The van der Waals surface area contributed by atoms with Crippen LogP contribution in [0.1, 0.15) is 63.8 Å². The first-order chi connectivity index (χ1) is 22.3. The highest BCUT2D eigenvalue weighted by atomic mass is 19.1. The van der Waals surface area contributed by atoms with Crippen LogP contribution in [0, 0.1) is 23.0 Å². The van der Waals surface area contributed by atoms with E-state index in [1.165, 1.54) is 12.0 Å². The van der Waals surface area contributed by atoms with Gasteiger partial charge in [0.25, 0.3) is 0 Å². The number of carbonyl (C=O) groups is 3. The summed E-state index contributed by atoms with van der Waals surface area (Å²) < 4.78 is 31.1. The van der Waals surface area contributed by atoms with Crippen LogP contribution in [-0.4, -0.2) is 64.6 Å². The minimum Gasteiger partial charge on any atom is -0.387 e. The summed E-state index contributed by atoms with van der Waals surface area (Å²) in [5, 5.41) is 13.0. The van der Waals surface area contributed by atoms with Gasteiger partial charge in [0.15, 0.2) is 0 Å². The van der Waals surface area contributed by atoms with Crippen molar-refractivity contribution in [3.8, 4) is 11.1 Å². The first-order valence-electron chi connectivity index (χ1n) is 15.8. The largest absolute Gasteiger partial charge is 0.387 e. The summed E-state index contributed by atoms with van der Waals surface area (Å²) in [6, 6.07) is 12.5. The van der Waals surface area contributed by atoms with E-state index in [1.807, 2.05) is 55.7 Å². The maximum absolute atomic E-state index is 15.0. The summed E-state index contributed by atoms with van der Waals surface area (Å²) >= 11 is 0. The topological polar surface area (TPSA) is 139 Å². The van der Waals surface area contributed by atoms with Crippen molar-refractivity contribution >= 4 is 17.7 Å². The normalized spacial score (nSPS) is 17.6. The van der Waals surface area contributed by atoms with Crippen LogP contribution < -0.4 is 16.5 Å². The van der Waals surface area contributed by atoms with Gasteiger partial charge in [-0.25, -0.2) is 14.3 Å². The Morgan fingerprint density at radius 3 is 2.49 bits per heavy atom. The summed E-state index contributed by atoms with van der Waals surface area (Å²) in [6.07, 6.45) is 3.78. The second kappa shape index (κ2) is 15.6. The van der Waals surface area contributed by atoms with Gasteiger partial charge in [-0.15, -0.1) is 0 Å². The molecule has 3 amide bonds. The standard InChI is InChI=1S/C35H45F2N5O5/c1-35(2,3)32(30-17-23(26-18-24(36)13-14-27(26)37)20-41(30)19-22-9-6-5-7-10-22)42(31(44)21-43)16-15-28(38)34(46)39-29-12-8-11-25(29)33(45)40-47-4/h5-7,9-10,13-14,17-18,20,25,28-29,32,43H,8,11-12,15-16,19,21,38H2,1-4H3,(H,39,46)(H,40,45)/t25-,28+,29+,32+/m1/s1.